The molecule has 0 amide bonds. The average Bonchev–Trinajstić information content (AvgIpc) is 3.70. The second-order valence-electron chi connectivity index (χ2n) is 25.6. The van der Waals surface area contributed by atoms with Crippen molar-refractivity contribution in [2.24, 2.45) is 11.8 Å². The summed E-state index contributed by atoms with van der Waals surface area (Å²) in [5.41, 5.74) is 0. The van der Waals surface area contributed by atoms with E-state index >= 15 is 0 Å². The van der Waals surface area contributed by atoms with Crippen molar-refractivity contribution in [2.45, 2.75) is 368 Å². The van der Waals surface area contributed by atoms with Crippen molar-refractivity contribution < 1.29 is 80.2 Å². The maximum atomic E-state index is 13.0. The Morgan fingerprint density at radius 3 is 0.864 bits per heavy atom. The number of unbranched alkanes of at least 4 members (excludes halogenated alkanes) is 37. The number of carbonyl (C=O) groups is 4. The summed E-state index contributed by atoms with van der Waals surface area (Å²) in [5.74, 6) is -0.582. The zero-order valence-corrected chi connectivity index (χ0v) is 58.8. The highest BCUT2D eigenvalue weighted by Gasteiger charge is 2.30. The zero-order chi connectivity index (χ0) is 65.0. The molecule has 0 heterocycles. The largest absolute Gasteiger partial charge is 0.472 e. The fourth-order valence-electron chi connectivity index (χ4n) is 10.4. The van der Waals surface area contributed by atoms with Crippen LogP contribution < -0.4 is 0 Å². The van der Waals surface area contributed by atoms with Gasteiger partial charge in [-0.15, -0.1) is 0 Å². The molecule has 3 unspecified atom stereocenters. The summed E-state index contributed by atoms with van der Waals surface area (Å²) in [6.07, 6.45) is 45.6. The molecule has 0 aliphatic heterocycles. The molecule has 88 heavy (non-hydrogen) atoms. The van der Waals surface area contributed by atoms with Crippen molar-refractivity contribution >= 4 is 39.5 Å². The van der Waals surface area contributed by atoms with Crippen LogP contribution in [0.5, 0.6) is 0 Å². The second kappa shape index (κ2) is 61.3. The van der Waals surface area contributed by atoms with Gasteiger partial charge in [-0.05, 0) is 37.5 Å². The standard InChI is InChI=1S/C69H134O17P2/c1-7-10-12-14-16-18-21-26-33-39-45-51-66(71)79-57-64(85-68(73)53-47-41-35-27-22-19-17-15-13-11-8-2)59-83-87(75,76)81-55-63(70)56-82-88(77,78)84-60-65(58-80-67(72)52-46-40-34-30-29-32-38-44-50-62(6)9-3)86-69(74)54-48-42-36-28-24-20-23-25-31-37-43-49-61(4)5/h61-65,70H,7-60H2,1-6H3,(H,75,76)(H,77,78)/t62?,63-,64+,65+/m0/s1. The van der Waals surface area contributed by atoms with Crippen LogP contribution in [0.2, 0.25) is 0 Å². The summed E-state index contributed by atoms with van der Waals surface area (Å²) < 4.78 is 68.2. The molecular formula is C69H134O17P2. The van der Waals surface area contributed by atoms with Crippen LogP contribution in [-0.2, 0) is 65.4 Å². The third kappa shape index (κ3) is 61.6. The Labute approximate surface area is 537 Å². The smallest absolute Gasteiger partial charge is 0.462 e. The van der Waals surface area contributed by atoms with Crippen LogP contribution in [0.4, 0.5) is 0 Å². The Kier molecular flexibility index (Phi) is 59.9. The molecule has 0 saturated heterocycles. The monoisotopic (exact) mass is 1300 g/mol. The number of carbonyl (C=O) groups excluding carboxylic acids is 4. The van der Waals surface area contributed by atoms with E-state index in [1.54, 1.807) is 0 Å². The molecule has 0 bridgehead atoms. The SMILES string of the molecule is CCCCCCCCCCCCCC(=O)OC[C@H](COP(=O)(O)OC[C@H](O)COP(=O)(O)OC[C@@H](COC(=O)CCCCCCCCCCC(C)CC)OC(=O)CCCCCCCCCCCCCC(C)C)OC(=O)CCCCCCCCCCCCC. The Balaban J connectivity index is 5.26. The number of phosphoric acid groups is 2. The summed E-state index contributed by atoms with van der Waals surface area (Å²) in [4.78, 5) is 72.5. The lowest BCUT2D eigenvalue weighted by Crippen LogP contribution is -2.30. The van der Waals surface area contributed by atoms with Crippen molar-refractivity contribution in [3.05, 3.63) is 0 Å². The molecule has 0 saturated carbocycles. The van der Waals surface area contributed by atoms with E-state index in [2.05, 4.69) is 41.5 Å². The first-order valence-electron chi connectivity index (χ1n) is 36.0. The van der Waals surface area contributed by atoms with Crippen LogP contribution in [0, 0.1) is 11.8 Å². The van der Waals surface area contributed by atoms with E-state index < -0.39 is 97.5 Å². The molecule has 0 aliphatic carbocycles. The third-order valence-electron chi connectivity index (χ3n) is 16.3. The summed E-state index contributed by atoms with van der Waals surface area (Å²) >= 11 is 0. The summed E-state index contributed by atoms with van der Waals surface area (Å²) in [6.45, 7) is 9.54. The van der Waals surface area contributed by atoms with Gasteiger partial charge in [0.05, 0.1) is 26.4 Å². The highest BCUT2D eigenvalue weighted by molar-refractivity contribution is 7.47. The van der Waals surface area contributed by atoms with Crippen LogP contribution >= 0.6 is 15.6 Å². The maximum absolute atomic E-state index is 13.0. The lowest BCUT2D eigenvalue weighted by atomic mass is 9.99. The van der Waals surface area contributed by atoms with E-state index in [0.29, 0.717) is 25.7 Å². The van der Waals surface area contributed by atoms with Crippen molar-refractivity contribution in [1.82, 2.24) is 0 Å². The minimum Gasteiger partial charge on any atom is -0.462 e. The molecule has 19 heteroatoms. The van der Waals surface area contributed by atoms with Gasteiger partial charge in [0.2, 0.25) is 0 Å². The van der Waals surface area contributed by atoms with Crippen LogP contribution in [0.1, 0.15) is 350 Å². The summed E-state index contributed by atoms with van der Waals surface area (Å²) in [7, 11) is -9.90. The predicted molar refractivity (Wildman–Crippen MR) is 354 cm³/mol. The molecule has 6 atom stereocenters. The van der Waals surface area contributed by atoms with Gasteiger partial charge in [0.1, 0.15) is 19.3 Å². The van der Waals surface area contributed by atoms with Gasteiger partial charge < -0.3 is 33.8 Å². The Morgan fingerprint density at radius 2 is 0.580 bits per heavy atom. The van der Waals surface area contributed by atoms with Gasteiger partial charge in [-0.25, -0.2) is 9.13 Å². The lowest BCUT2D eigenvalue weighted by Gasteiger charge is -2.21. The Hall–Kier alpha value is -1.94. The minimum atomic E-state index is -4.95. The molecule has 0 aromatic heterocycles. The Bertz CT molecular complexity index is 1720. The number of hydrogen-bond acceptors (Lipinski definition) is 15. The number of rotatable bonds is 68. The molecule has 17 nitrogen and oxygen atoms in total. The quantitative estimate of drug-likeness (QED) is 0.0222. The minimum absolute atomic E-state index is 0.106. The van der Waals surface area contributed by atoms with Crippen molar-refractivity contribution in [1.29, 1.82) is 0 Å². The first kappa shape index (κ1) is 86.1. The number of phosphoric ester groups is 2. The Morgan fingerprint density at radius 1 is 0.330 bits per heavy atom. The van der Waals surface area contributed by atoms with Gasteiger partial charge in [-0.2, -0.15) is 0 Å². The molecule has 0 aromatic carbocycles. The van der Waals surface area contributed by atoms with Crippen molar-refractivity contribution in [2.75, 3.05) is 39.6 Å². The van der Waals surface area contributed by atoms with Crippen molar-refractivity contribution in [3.8, 4) is 0 Å². The van der Waals surface area contributed by atoms with E-state index in [9.17, 15) is 43.2 Å². The summed E-state index contributed by atoms with van der Waals surface area (Å²) in [6, 6.07) is 0. The molecular weight excluding hydrogens is 1160 g/mol. The number of esters is 4. The lowest BCUT2D eigenvalue weighted by molar-refractivity contribution is -0.161. The predicted octanol–water partition coefficient (Wildman–Crippen LogP) is 19.6. The fraction of sp³-hybridized carbons (Fsp3) is 0.942. The van der Waals surface area contributed by atoms with Crippen LogP contribution in [-0.4, -0.2) is 96.7 Å². The number of aliphatic hydroxyl groups is 1. The van der Waals surface area contributed by atoms with Gasteiger partial charge in [0.15, 0.2) is 12.2 Å². The van der Waals surface area contributed by atoms with E-state index in [1.807, 2.05) is 0 Å². The van der Waals surface area contributed by atoms with Crippen LogP contribution in [0.25, 0.3) is 0 Å². The van der Waals surface area contributed by atoms with E-state index in [1.165, 1.54) is 167 Å². The highest BCUT2D eigenvalue weighted by Crippen LogP contribution is 2.45. The average molecular weight is 1300 g/mol. The molecule has 0 radical (unpaired) electrons. The number of aliphatic hydroxyl groups excluding tert-OH is 1. The van der Waals surface area contributed by atoms with Gasteiger partial charge >= 0.3 is 39.5 Å². The van der Waals surface area contributed by atoms with Gasteiger partial charge in [0, 0.05) is 25.7 Å². The fourth-order valence-corrected chi connectivity index (χ4v) is 12.0. The summed E-state index contributed by atoms with van der Waals surface area (Å²) in [5, 5.41) is 10.6. The zero-order valence-electron chi connectivity index (χ0n) is 57.0. The van der Waals surface area contributed by atoms with E-state index in [-0.39, 0.29) is 25.7 Å². The van der Waals surface area contributed by atoms with Gasteiger partial charge in [0.25, 0.3) is 0 Å². The molecule has 0 aromatic rings. The van der Waals surface area contributed by atoms with Crippen LogP contribution in [0.3, 0.4) is 0 Å². The molecule has 522 valence electrons. The first-order chi connectivity index (χ1) is 42.4. The number of hydrogen-bond donors (Lipinski definition) is 3. The van der Waals surface area contributed by atoms with E-state index in [0.717, 1.165) is 102 Å². The van der Waals surface area contributed by atoms with Gasteiger partial charge in [-0.3, -0.25) is 37.3 Å². The second-order valence-corrected chi connectivity index (χ2v) is 28.5. The van der Waals surface area contributed by atoms with Gasteiger partial charge in [-0.1, -0.05) is 298 Å². The third-order valence-corrected chi connectivity index (χ3v) is 18.2. The van der Waals surface area contributed by atoms with E-state index in [4.69, 9.17) is 37.0 Å². The molecule has 0 aliphatic rings. The van der Waals surface area contributed by atoms with Crippen molar-refractivity contribution in [3.63, 3.8) is 0 Å². The molecule has 0 fully saturated rings. The highest BCUT2D eigenvalue weighted by atomic mass is 31.2. The maximum Gasteiger partial charge on any atom is 0.472 e. The first-order valence-corrected chi connectivity index (χ1v) is 39.0. The van der Waals surface area contributed by atoms with Crippen LogP contribution in [0.15, 0.2) is 0 Å². The topological polar surface area (TPSA) is 237 Å². The molecule has 3 N–H and O–H groups in total. The molecule has 0 rings (SSSR count). The number of ether oxygens (including phenoxy) is 4. The molecule has 0 spiro atoms. The normalized spacial score (nSPS) is 14.5.